The summed E-state index contributed by atoms with van der Waals surface area (Å²) in [5, 5.41) is 0. The van der Waals surface area contributed by atoms with Crippen molar-refractivity contribution >= 4 is 11.6 Å². The number of nitrogens with zero attached hydrogens (tertiary/aromatic N) is 1. The Morgan fingerprint density at radius 1 is 1.31 bits per heavy atom. The predicted octanol–water partition coefficient (Wildman–Crippen LogP) is 1.80. The second-order valence-electron chi connectivity index (χ2n) is 2.87. The summed E-state index contributed by atoms with van der Waals surface area (Å²) in [7, 11) is 0. The zero-order valence-electron chi connectivity index (χ0n) is 6.63. The van der Waals surface area contributed by atoms with E-state index in [1.165, 1.54) is 0 Å². The maximum Gasteiger partial charge on any atom is 0.189 e. The first-order valence-electron chi connectivity index (χ1n) is 3.72. The zero-order chi connectivity index (χ0) is 8.72. The predicted molar refractivity (Wildman–Crippen MR) is 49.0 cm³/mol. The number of carbonyl (C=O) groups is 2. The summed E-state index contributed by atoms with van der Waals surface area (Å²) in [5.74, 6) is -0.251. The van der Waals surface area contributed by atoms with E-state index in [4.69, 9.17) is 0 Å². The van der Waals surface area contributed by atoms with Gasteiger partial charge in [-0.15, -0.1) is 0 Å². The number of aromatic nitrogens is 1. The van der Waals surface area contributed by atoms with E-state index in [0.29, 0.717) is 11.3 Å². The van der Waals surface area contributed by atoms with E-state index >= 15 is 0 Å². The molecule has 0 N–H and O–H groups in total. The number of aryl methyl sites for hydroxylation is 1. The molecule has 0 radical (unpaired) electrons. The quantitative estimate of drug-likeness (QED) is 0.567. The average molecular weight is 177 g/mol. The van der Waals surface area contributed by atoms with Crippen molar-refractivity contribution < 1.29 is 9.59 Å². The standard InChI is InChI=1S/C9H7NO2.CH4/c1-5-2-3-10-9-7(12)4-6(11)8(5)9;/h2-3H,4H2,1H3;1H4. The van der Waals surface area contributed by atoms with Gasteiger partial charge in [-0.2, -0.15) is 0 Å². The van der Waals surface area contributed by atoms with E-state index in [-0.39, 0.29) is 25.4 Å². The molecule has 2 rings (SSSR count). The smallest absolute Gasteiger partial charge is 0.189 e. The molecule has 0 atom stereocenters. The lowest BCUT2D eigenvalue weighted by molar-refractivity contribution is 0.0921. The molecule has 0 bridgehead atoms. The molecule has 1 heterocycles. The van der Waals surface area contributed by atoms with E-state index in [1.54, 1.807) is 12.3 Å². The van der Waals surface area contributed by atoms with Crippen molar-refractivity contribution in [3.63, 3.8) is 0 Å². The molecule has 3 nitrogen and oxygen atoms in total. The Bertz CT molecular complexity index is 383. The molecule has 1 aliphatic rings. The van der Waals surface area contributed by atoms with Crippen LogP contribution in [0.5, 0.6) is 0 Å². The SMILES string of the molecule is C.Cc1ccnc2c1C(=O)CC2=O. The minimum atomic E-state index is -0.154. The second kappa shape index (κ2) is 3.09. The molecule has 68 valence electrons. The van der Waals surface area contributed by atoms with Crippen LogP contribution in [-0.4, -0.2) is 16.6 Å². The van der Waals surface area contributed by atoms with Crippen LogP contribution in [0.15, 0.2) is 12.3 Å². The summed E-state index contributed by atoms with van der Waals surface area (Å²) in [6, 6.07) is 1.75. The number of fused-ring (bicyclic) bond motifs is 1. The Labute approximate surface area is 76.8 Å². The third kappa shape index (κ3) is 1.26. The van der Waals surface area contributed by atoms with Gasteiger partial charge in [0.05, 0.1) is 12.0 Å². The molecule has 1 aliphatic carbocycles. The number of Topliss-reactive ketones (excluding diaryl/α,β-unsaturated/α-hetero) is 2. The average Bonchev–Trinajstić information content (AvgIpc) is 2.29. The Kier molecular flexibility index (Phi) is 2.28. The molecule has 0 aromatic carbocycles. The first kappa shape index (κ1) is 9.58. The van der Waals surface area contributed by atoms with E-state index < -0.39 is 0 Å². The highest BCUT2D eigenvalue weighted by Crippen LogP contribution is 2.22. The van der Waals surface area contributed by atoms with Gasteiger partial charge in [-0.3, -0.25) is 14.6 Å². The highest BCUT2D eigenvalue weighted by molar-refractivity contribution is 6.23. The summed E-state index contributed by atoms with van der Waals surface area (Å²) in [4.78, 5) is 26.3. The van der Waals surface area contributed by atoms with Crippen molar-refractivity contribution in [2.24, 2.45) is 0 Å². The van der Waals surface area contributed by atoms with Crippen LogP contribution in [0.3, 0.4) is 0 Å². The van der Waals surface area contributed by atoms with Crippen LogP contribution in [0.4, 0.5) is 0 Å². The Morgan fingerprint density at radius 3 is 2.62 bits per heavy atom. The third-order valence-electron chi connectivity index (χ3n) is 2.02. The van der Waals surface area contributed by atoms with Crippen molar-refractivity contribution in [2.45, 2.75) is 20.8 Å². The number of ketones is 2. The van der Waals surface area contributed by atoms with Crippen molar-refractivity contribution in [3.05, 3.63) is 29.1 Å². The minimum absolute atomic E-state index is 0. The van der Waals surface area contributed by atoms with Crippen LogP contribution in [0.2, 0.25) is 0 Å². The number of pyridine rings is 1. The molecule has 13 heavy (non-hydrogen) atoms. The minimum Gasteiger partial charge on any atom is -0.294 e. The van der Waals surface area contributed by atoms with Crippen molar-refractivity contribution in [2.75, 3.05) is 0 Å². The van der Waals surface area contributed by atoms with Crippen LogP contribution in [0.25, 0.3) is 0 Å². The summed E-state index contributed by atoms with van der Waals surface area (Å²) < 4.78 is 0. The van der Waals surface area contributed by atoms with Crippen molar-refractivity contribution in [1.82, 2.24) is 4.98 Å². The third-order valence-corrected chi connectivity index (χ3v) is 2.02. The number of hydrogen-bond acceptors (Lipinski definition) is 3. The Balaban J connectivity index is 0.000000845. The van der Waals surface area contributed by atoms with Gasteiger partial charge in [0.1, 0.15) is 5.69 Å². The summed E-state index contributed by atoms with van der Waals surface area (Å²) >= 11 is 0. The molecule has 1 aromatic rings. The molecule has 1 aromatic heterocycles. The van der Waals surface area contributed by atoms with Gasteiger partial charge in [-0.1, -0.05) is 7.43 Å². The molecule has 0 spiro atoms. The van der Waals surface area contributed by atoms with Crippen LogP contribution in [-0.2, 0) is 0 Å². The van der Waals surface area contributed by atoms with Gasteiger partial charge in [0.15, 0.2) is 11.6 Å². The van der Waals surface area contributed by atoms with E-state index in [1.807, 2.05) is 6.92 Å². The van der Waals surface area contributed by atoms with Crippen LogP contribution < -0.4 is 0 Å². The first-order chi connectivity index (χ1) is 5.70. The topological polar surface area (TPSA) is 47.0 Å². The molecule has 0 saturated heterocycles. The Hall–Kier alpha value is -1.51. The maximum absolute atomic E-state index is 11.2. The van der Waals surface area contributed by atoms with Gasteiger partial charge in [-0.25, -0.2) is 0 Å². The van der Waals surface area contributed by atoms with Crippen molar-refractivity contribution in [3.8, 4) is 0 Å². The van der Waals surface area contributed by atoms with E-state index in [2.05, 4.69) is 4.98 Å². The summed E-state index contributed by atoms with van der Waals surface area (Å²) in [6.07, 6.45) is 1.55. The number of hydrogen-bond donors (Lipinski definition) is 0. The normalized spacial score (nSPS) is 13.9. The molecule has 0 unspecified atom stereocenters. The maximum atomic E-state index is 11.2. The fourth-order valence-corrected chi connectivity index (χ4v) is 1.44. The van der Waals surface area contributed by atoms with Gasteiger partial charge in [-0.05, 0) is 18.6 Å². The molecule has 0 saturated carbocycles. The summed E-state index contributed by atoms with van der Waals surface area (Å²) in [5.41, 5.74) is 1.71. The van der Waals surface area contributed by atoms with Gasteiger partial charge < -0.3 is 0 Å². The largest absolute Gasteiger partial charge is 0.294 e. The lowest BCUT2D eigenvalue weighted by atomic mass is 10.1. The molecule has 0 amide bonds. The van der Waals surface area contributed by atoms with Crippen LogP contribution in [0.1, 0.15) is 40.3 Å². The zero-order valence-corrected chi connectivity index (χ0v) is 6.63. The monoisotopic (exact) mass is 177 g/mol. The second-order valence-corrected chi connectivity index (χ2v) is 2.87. The summed E-state index contributed by atoms with van der Waals surface area (Å²) in [6.45, 7) is 1.82. The van der Waals surface area contributed by atoms with Crippen molar-refractivity contribution in [1.29, 1.82) is 0 Å². The lowest BCUT2D eigenvalue weighted by Crippen LogP contribution is -1.97. The van der Waals surface area contributed by atoms with E-state index in [9.17, 15) is 9.59 Å². The molecular weight excluding hydrogens is 166 g/mol. The number of carbonyl (C=O) groups excluding carboxylic acids is 2. The highest BCUT2D eigenvalue weighted by atomic mass is 16.2. The molecule has 0 fully saturated rings. The fraction of sp³-hybridized carbons (Fsp3) is 0.300. The molecule has 0 aliphatic heterocycles. The fourth-order valence-electron chi connectivity index (χ4n) is 1.44. The van der Waals surface area contributed by atoms with Gasteiger partial charge in [0, 0.05) is 6.20 Å². The molecule has 3 heteroatoms. The lowest BCUT2D eigenvalue weighted by Gasteiger charge is -1.97. The van der Waals surface area contributed by atoms with Gasteiger partial charge in [0.25, 0.3) is 0 Å². The Morgan fingerprint density at radius 2 is 2.00 bits per heavy atom. The molecular formula is C10H11NO2. The van der Waals surface area contributed by atoms with Gasteiger partial charge in [0.2, 0.25) is 0 Å². The van der Waals surface area contributed by atoms with Crippen LogP contribution in [0, 0.1) is 6.92 Å². The van der Waals surface area contributed by atoms with Crippen LogP contribution >= 0.6 is 0 Å². The van der Waals surface area contributed by atoms with E-state index in [0.717, 1.165) is 5.56 Å². The first-order valence-corrected chi connectivity index (χ1v) is 3.72. The van der Waals surface area contributed by atoms with Gasteiger partial charge >= 0.3 is 0 Å². The number of rotatable bonds is 0. The highest BCUT2D eigenvalue weighted by Gasteiger charge is 2.29.